The number of methoxy groups -OCH3 is 1. The topological polar surface area (TPSA) is 77.9 Å². The zero-order valence-electron chi connectivity index (χ0n) is 12.2. The van der Waals surface area contributed by atoms with Crippen LogP contribution < -0.4 is 4.74 Å². The molecule has 0 saturated heterocycles. The lowest BCUT2D eigenvalue weighted by atomic mass is 10.1. The van der Waals surface area contributed by atoms with Crippen molar-refractivity contribution in [1.82, 2.24) is 19.9 Å². The van der Waals surface area contributed by atoms with Gasteiger partial charge in [-0.05, 0) is 19.8 Å². The van der Waals surface area contributed by atoms with Gasteiger partial charge in [0.05, 0.1) is 23.6 Å². The molecule has 0 aromatic carbocycles. The highest BCUT2D eigenvalue weighted by atomic mass is 32.2. The molecule has 1 atom stereocenters. The van der Waals surface area contributed by atoms with Crippen molar-refractivity contribution in [3.8, 4) is 17.3 Å². The summed E-state index contributed by atoms with van der Waals surface area (Å²) in [4.78, 5) is 17.3. The number of ether oxygens (including phenoxy) is 1. The van der Waals surface area contributed by atoms with Crippen LogP contribution in [-0.4, -0.2) is 37.5 Å². The second-order valence-electron chi connectivity index (χ2n) is 5.05. The van der Waals surface area contributed by atoms with Crippen LogP contribution in [0.3, 0.4) is 0 Å². The summed E-state index contributed by atoms with van der Waals surface area (Å²) in [5.41, 5.74) is 2.44. The molecule has 0 aliphatic heterocycles. The van der Waals surface area contributed by atoms with Crippen molar-refractivity contribution in [3.63, 3.8) is 0 Å². The number of rotatable bonds is 4. The molecule has 0 N–H and O–H groups in total. The van der Waals surface area contributed by atoms with E-state index in [-0.39, 0.29) is 0 Å². The summed E-state index contributed by atoms with van der Waals surface area (Å²) in [6.07, 6.45) is 7.00. The van der Waals surface area contributed by atoms with E-state index < -0.39 is 10.8 Å². The molecule has 1 aliphatic rings. The highest BCUT2D eigenvalue weighted by Gasteiger charge is 2.31. The molecule has 110 valence electrons. The zero-order valence-corrected chi connectivity index (χ0v) is 13.0. The van der Waals surface area contributed by atoms with Crippen molar-refractivity contribution >= 4 is 10.8 Å². The van der Waals surface area contributed by atoms with Gasteiger partial charge in [-0.3, -0.25) is 4.21 Å². The Morgan fingerprint density at radius 1 is 1.29 bits per heavy atom. The van der Waals surface area contributed by atoms with Gasteiger partial charge in [-0.1, -0.05) is 0 Å². The fourth-order valence-electron chi connectivity index (χ4n) is 2.25. The van der Waals surface area contributed by atoms with Crippen LogP contribution in [0.4, 0.5) is 0 Å². The van der Waals surface area contributed by atoms with Crippen LogP contribution in [0.2, 0.25) is 0 Å². The number of aromatic nitrogens is 4. The molecule has 2 heterocycles. The lowest BCUT2D eigenvalue weighted by molar-refractivity contribution is 0.397. The predicted octanol–water partition coefficient (Wildman–Crippen LogP) is 1.87. The first-order valence-corrected chi connectivity index (χ1v) is 8.24. The fourth-order valence-corrected chi connectivity index (χ4v) is 2.97. The van der Waals surface area contributed by atoms with E-state index in [2.05, 4.69) is 19.9 Å². The van der Waals surface area contributed by atoms with E-state index in [0.717, 1.165) is 24.1 Å². The standard InChI is InChI=1S/C14H16N4O2S/c1-8-6-15-12(18-14(8)21(3)19)10-11(9-4-5-9)16-7-17-13(10)20-2/h6-7,9H,4-5H2,1-3H3. The van der Waals surface area contributed by atoms with Gasteiger partial charge in [0.25, 0.3) is 0 Å². The average molecular weight is 304 g/mol. The van der Waals surface area contributed by atoms with Crippen molar-refractivity contribution in [2.24, 2.45) is 0 Å². The first kappa shape index (κ1) is 14.1. The van der Waals surface area contributed by atoms with Crippen molar-refractivity contribution in [3.05, 3.63) is 23.8 Å². The van der Waals surface area contributed by atoms with Gasteiger partial charge in [-0.2, -0.15) is 0 Å². The number of nitrogens with zero attached hydrogens (tertiary/aromatic N) is 4. The molecule has 0 bridgehead atoms. The molecule has 7 heteroatoms. The Labute approximate surface area is 125 Å². The third-order valence-corrected chi connectivity index (χ3v) is 4.38. The lowest BCUT2D eigenvalue weighted by Gasteiger charge is -2.11. The molecule has 0 radical (unpaired) electrons. The van der Waals surface area contributed by atoms with E-state index in [1.165, 1.54) is 6.33 Å². The van der Waals surface area contributed by atoms with Crippen LogP contribution in [0.1, 0.15) is 30.0 Å². The highest BCUT2D eigenvalue weighted by Crippen LogP contribution is 2.44. The Morgan fingerprint density at radius 2 is 2.05 bits per heavy atom. The smallest absolute Gasteiger partial charge is 0.227 e. The maximum atomic E-state index is 11.8. The third kappa shape index (κ3) is 2.65. The molecular formula is C14H16N4O2S. The quantitative estimate of drug-likeness (QED) is 0.802. The van der Waals surface area contributed by atoms with E-state index in [1.807, 2.05) is 6.92 Å². The molecule has 1 saturated carbocycles. The molecule has 21 heavy (non-hydrogen) atoms. The molecule has 1 fully saturated rings. The van der Waals surface area contributed by atoms with E-state index in [0.29, 0.717) is 28.2 Å². The molecular weight excluding hydrogens is 288 g/mol. The maximum Gasteiger partial charge on any atom is 0.227 e. The molecule has 2 aromatic heterocycles. The van der Waals surface area contributed by atoms with Gasteiger partial charge in [0, 0.05) is 23.9 Å². The van der Waals surface area contributed by atoms with Crippen LogP contribution in [-0.2, 0) is 10.8 Å². The Bertz CT molecular complexity index is 716. The number of hydrogen-bond donors (Lipinski definition) is 0. The van der Waals surface area contributed by atoms with Gasteiger partial charge in [-0.25, -0.2) is 19.9 Å². The van der Waals surface area contributed by atoms with Gasteiger partial charge in [0.2, 0.25) is 5.88 Å². The van der Waals surface area contributed by atoms with Crippen molar-refractivity contribution in [2.45, 2.75) is 30.7 Å². The second kappa shape index (κ2) is 5.48. The second-order valence-corrected chi connectivity index (χ2v) is 6.35. The summed E-state index contributed by atoms with van der Waals surface area (Å²) >= 11 is 0. The van der Waals surface area contributed by atoms with E-state index >= 15 is 0 Å². The van der Waals surface area contributed by atoms with Gasteiger partial charge in [0.15, 0.2) is 5.82 Å². The largest absolute Gasteiger partial charge is 0.480 e. The molecule has 1 aliphatic carbocycles. The number of aryl methyl sites for hydroxylation is 1. The summed E-state index contributed by atoms with van der Waals surface area (Å²) in [6, 6.07) is 0. The molecule has 0 amide bonds. The maximum absolute atomic E-state index is 11.8. The molecule has 1 unspecified atom stereocenters. The zero-order chi connectivity index (χ0) is 15.0. The van der Waals surface area contributed by atoms with Crippen molar-refractivity contribution in [2.75, 3.05) is 13.4 Å². The van der Waals surface area contributed by atoms with Gasteiger partial charge in [-0.15, -0.1) is 0 Å². The molecule has 3 rings (SSSR count). The third-order valence-electron chi connectivity index (χ3n) is 3.42. The first-order chi connectivity index (χ1) is 10.1. The average Bonchev–Trinajstić information content (AvgIpc) is 3.31. The number of hydrogen-bond acceptors (Lipinski definition) is 6. The molecule has 2 aromatic rings. The van der Waals surface area contributed by atoms with Crippen molar-refractivity contribution < 1.29 is 8.95 Å². The van der Waals surface area contributed by atoms with Crippen LogP contribution in [0.15, 0.2) is 17.6 Å². The molecule has 6 nitrogen and oxygen atoms in total. The van der Waals surface area contributed by atoms with E-state index in [9.17, 15) is 4.21 Å². The minimum atomic E-state index is -1.17. The summed E-state index contributed by atoms with van der Waals surface area (Å²) in [6.45, 7) is 1.85. The summed E-state index contributed by atoms with van der Waals surface area (Å²) in [7, 11) is 0.397. The van der Waals surface area contributed by atoms with E-state index in [4.69, 9.17) is 4.74 Å². The fraction of sp³-hybridized carbons (Fsp3) is 0.429. The van der Waals surface area contributed by atoms with Crippen LogP contribution in [0.5, 0.6) is 5.88 Å². The minimum Gasteiger partial charge on any atom is -0.480 e. The minimum absolute atomic E-state index is 0.414. The Balaban J connectivity index is 2.20. The highest BCUT2D eigenvalue weighted by molar-refractivity contribution is 7.84. The predicted molar refractivity (Wildman–Crippen MR) is 78.7 cm³/mol. The molecule has 0 spiro atoms. The van der Waals surface area contributed by atoms with Crippen LogP contribution in [0.25, 0.3) is 11.4 Å². The Hall–Kier alpha value is -1.89. The first-order valence-electron chi connectivity index (χ1n) is 6.68. The SMILES string of the molecule is COc1ncnc(C2CC2)c1-c1ncc(C)c(S(C)=O)n1. The lowest BCUT2D eigenvalue weighted by Crippen LogP contribution is -2.05. The van der Waals surface area contributed by atoms with E-state index in [1.54, 1.807) is 19.6 Å². The van der Waals surface area contributed by atoms with Gasteiger partial charge < -0.3 is 4.74 Å². The summed E-state index contributed by atoms with van der Waals surface area (Å²) < 4.78 is 17.1. The monoisotopic (exact) mass is 304 g/mol. The van der Waals surface area contributed by atoms with Crippen LogP contribution >= 0.6 is 0 Å². The normalized spacial score (nSPS) is 15.8. The van der Waals surface area contributed by atoms with Crippen LogP contribution in [0, 0.1) is 6.92 Å². The van der Waals surface area contributed by atoms with Gasteiger partial charge in [0.1, 0.15) is 16.9 Å². The Kier molecular flexibility index (Phi) is 3.67. The summed E-state index contributed by atoms with van der Waals surface area (Å²) in [5.74, 6) is 1.35. The van der Waals surface area contributed by atoms with Crippen molar-refractivity contribution in [1.29, 1.82) is 0 Å². The van der Waals surface area contributed by atoms with Gasteiger partial charge >= 0.3 is 0 Å². The Morgan fingerprint density at radius 3 is 2.67 bits per heavy atom. The summed E-state index contributed by atoms with van der Waals surface area (Å²) in [5, 5.41) is 0.535.